The molecule has 9 heteroatoms. The van der Waals surface area contributed by atoms with Crippen LogP contribution < -0.4 is 9.47 Å². The lowest BCUT2D eigenvalue weighted by Crippen LogP contribution is -2.28. The summed E-state index contributed by atoms with van der Waals surface area (Å²) in [5.41, 5.74) is -0.254. The van der Waals surface area contributed by atoms with E-state index < -0.39 is 17.2 Å². The molecule has 7 nitrogen and oxygen atoms in total. The number of hydrogen-bond donors (Lipinski definition) is 1. The predicted octanol–water partition coefficient (Wildman–Crippen LogP) is 5.25. The molecule has 0 saturated heterocycles. The zero-order chi connectivity index (χ0) is 21.7. The third kappa shape index (κ3) is 4.46. The van der Waals surface area contributed by atoms with Crippen molar-refractivity contribution in [1.29, 1.82) is 0 Å². The minimum Gasteiger partial charge on any atom is -0.487 e. The number of rotatable bonds is 3. The fraction of sp³-hybridized carbons (Fsp3) is 0.550. The van der Waals surface area contributed by atoms with Crippen molar-refractivity contribution in [2.24, 2.45) is 0 Å². The maximum Gasteiger partial charge on any atom is 0.345 e. The summed E-state index contributed by atoms with van der Waals surface area (Å²) in [5, 5.41) is 10.5. The Morgan fingerprint density at radius 2 is 1.69 bits per heavy atom. The molecule has 3 heterocycles. The molecule has 158 valence electrons. The molecule has 0 atom stereocenters. The molecule has 1 N–H and O–H groups in total. The molecule has 2 aromatic heterocycles. The molecule has 2 aromatic rings. The summed E-state index contributed by atoms with van der Waals surface area (Å²) in [6.45, 7) is 11.6. The second kappa shape index (κ2) is 7.36. The van der Waals surface area contributed by atoms with Gasteiger partial charge in [0.1, 0.15) is 27.8 Å². The van der Waals surface area contributed by atoms with Crippen molar-refractivity contribution in [3.63, 3.8) is 0 Å². The Balaban J connectivity index is 2.39. The molecule has 0 amide bonds. The highest BCUT2D eigenvalue weighted by molar-refractivity contribution is 6.40. The molecule has 0 spiro atoms. The van der Waals surface area contributed by atoms with E-state index in [1.165, 1.54) is 0 Å². The van der Waals surface area contributed by atoms with Crippen LogP contribution in [-0.2, 0) is 13.0 Å². The van der Waals surface area contributed by atoms with Gasteiger partial charge in [0.2, 0.25) is 5.88 Å². The lowest BCUT2D eigenvalue weighted by atomic mass is 10.0. The number of carbonyl (C=O) groups is 1. The van der Waals surface area contributed by atoms with Gasteiger partial charge in [-0.2, -0.15) is 0 Å². The van der Waals surface area contributed by atoms with Gasteiger partial charge in [-0.05, 0) is 54.4 Å². The minimum atomic E-state index is -1.16. The van der Waals surface area contributed by atoms with E-state index in [2.05, 4.69) is 9.97 Å². The van der Waals surface area contributed by atoms with Gasteiger partial charge >= 0.3 is 5.97 Å². The number of ether oxygens (including phenoxy) is 2. The molecule has 0 unspecified atom stereocenters. The van der Waals surface area contributed by atoms with Crippen LogP contribution in [0.5, 0.6) is 11.6 Å². The minimum absolute atomic E-state index is 0.0216. The summed E-state index contributed by atoms with van der Waals surface area (Å²) < 4.78 is 13.9. The number of hydrogen-bond acceptors (Lipinski definition) is 5. The molecule has 3 rings (SSSR count). The van der Waals surface area contributed by atoms with Crippen molar-refractivity contribution in [2.75, 3.05) is 0 Å². The monoisotopic (exact) mass is 441 g/mol. The van der Waals surface area contributed by atoms with Gasteiger partial charge in [0.25, 0.3) is 0 Å². The van der Waals surface area contributed by atoms with Crippen LogP contribution in [-0.4, -0.2) is 36.8 Å². The topological polar surface area (TPSA) is 86.5 Å². The van der Waals surface area contributed by atoms with Gasteiger partial charge in [0.05, 0.1) is 0 Å². The maximum atomic E-state index is 12.2. The van der Waals surface area contributed by atoms with Gasteiger partial charge < -0.3 is 19.1 Å². The average molecular weight is 442 g/mol. The molecule has 29 heavy (non-hydrogen) atoms. The number of carboxylic acid groups (broad SMARTS) is 1. The van der Waals surface area contributed by atoms with Crippen LogP contribution in [0.15, 0.2) is 0 Å². The second-order valence-electron chi connectivity index (χ2n) is 8.95. The highest BCUT2D eigenvalue weighted by atomic mass is 35.5. The molecule has 0 fully saturated rings. The normalized spacial score (nSPS) is 14.1. The summed E-state index contributed by atoms with van der Waals surface area (Å²) in [6.07, 6.45) is 1.26. The Labute approximate surface area is 180 Å². The first-order chi connectivity index (χ1) is 13.3. The van der Waals surface area contributed by atoms with Crippen molar-refractivity contribution < 1.29 is 19.4 Å². The van der Waals surface area contributed by atoms with Gasteiger partial charge in [0, 0.05) is 12.1 Å². The number of carboxylic acids is 1. The number of aromatic nitrogens is 3. The zero-order valence-corrected chi connectivity index (χ0v) is 18.9. The Kier molecular flexibility index (Phi) is 5.51. The van der Waals surface area contributed by atoms with Gasteiger partial charge in [-0.15, -0.1) is 0 Å². The van der Waals surface area contributed by atoms with Crippen molar-refractivity contribution >= 4 is 29.2 Å². The summed E-state index contributed by atoms with van der Waals surface area (Å²) in [7, 11) is 0. The number of halogens is 2. The molecule has 1 aliphatic rings. The fourth-order valence-electron chi connectivity index (χ4n) is 3.17. The van der Waals surface area contributed by atoms with Crippen LogP contribution in [0, 0.1) is 0 Å². The van der Waals surface area contributed by atoms with E-state index in [-0.39, 0.29) is 22.3 Å². The van der Waals surface area contributed by atoms with Crippen LogP contribution in [0.2, 0.25) is 10.3 Å². The van der Waals surface area contributed by atoms with Crippen LogP contribution in [0.1, 0.15) is 63.9 Å². The molecule has 0 aliphatic carbocycles. The predicted molar refractivity (Wildman–Crippen MR) is 112 cm³/mol. The lowest BCUT2D eigenvalue weighted by molar-refractivity contribution is 0.0655. The summed E-state index contributed by atoms with van der Waals surface area (Å²) in [6, 6.07) is 0. The van der Waals surface area contributed by atoms with Crippen molar-refractivity contribution in [3.8, 4) is 23.1 Å². The third-order valence-electron chi connectivity index (χ3n) is 4.13. The van der Waals surface area contributed by atoms with Crippen LogP contribution in [0.25, 0.3) is 11.5 Å². The number of aromatic carboxylic acids is 1. The number of fused-ring (bicyclic) bond motifs is 3. The van der Waals surface area contributed by atoms with Crippen molar-refractivity contribution in [3.05, 3.63) is 21.4 Å². The largest absolute Gasteiger partial charge is 0.487 e. The van der Waals surface area contributed by atoms with Gasteiger partial charge in [-0.25, -0.2) is 14.8 Å². The van der Waals surface area contributed by atoms with Crippen molar-refractivity contribution in [2.45, 2.75) is 72.1 Å². The van der Waals surface area contributed by atoms with Gasteiger partial charge in [0.15, 0.2) is 16.5 Å². The van der Waals surface area contributed by atoms with Gasteiger partial charge in [-0.1, -0.05) is 23.2 Å². The van der Waals surface area contributed by atoms with E-state index in [1.807, 2.05) is 41.5 Å². The van der Waals surface area contributed by atoms with Crippen LogP contribution in [0.3, 0.4) is 0 Å². The van der Waals surface area contributed by atoms with Crippen molar-refractivity contribution in [1.82, 2.24) is 14.5 Å². The first-order valence-electron chi connectivity index (χ1n) is 9.38. The Hall–Kier alpha value is -1.99. The van der Waals surface area contributed by atoms with E-state index in [9.17, 15) is 9.90 Å². The van der Waals surface area contributed by atoms with Gasteiger partial charge in [-0.3, -0.25) is 0 Å². The average Bonchev–Trinajstić information content (AvgIpc) is 2.71. The molecular weight excluding hydrogens is 417 g/mol. The maximum absolute atomic E-state index is 12.2. The Bertz CT molecular complexity index is 972. The lowest BCUT2D eigenvalue weighted by Gasteiger charge is -2.28. The quantitative estimate of drug-likeness (QED) is 0.699. The zero-order valence-electron chi connectivity index (χ0n) is 17.4. The molecule has 0 aromatic carbocycles. The summed E-state index contributed by atoms with van der Waals surface area (Å²) in [5.74, 6) is -0.464. The highest BCUT2D eigenvalue weighted by Gasteiger charge is 2.34. The van der Waals surface area contributed by atoms with E-state index >= 15 is 0 Å². The van der Waals surface area contributed by atoms with E-state index in [0.29, 0.717) is 41.6 Å². The molecular formula is C20H25Cl2N3O4. The number of imidazole rings is 1. The van der Waals surface area contributed by atoms with E-state index in [4.69, 9.17) is 32.7 Å². The summed E-state index contributed by atoms with van der Waals surface area (Å²) in [4.78, 5) is 21.2. The fourth-order valence-corrected chi connectivity index (χ4v) is 3.56. The van der Waals surface area contributed by atoms with Crippen LogP contribution in [0.4, 0.5) is 0 Å². The van der Waals surface area contributed by atoms with E-state index in [0.717, 1.165) is 0 Å². The first kappa shape index (κ1) is 21.7. The highest BCUT2D eigenvalue weighted by Crippen LogP contribution is 2.43. The Morgan fingerprint density at radius 3 is 2.24 bits per heavy atom. The molecule has 0 saturated carbocycles. The van der Waals surface area contributed by atoms with E-state index in [1.54, 1.807) is 4.57 Å². The number of pyridine rings is 1. The second-order valence-corrected chi connectivity index (χ2v) is 9.67. The molecule has 0 bridgehead atoms. The summed E-state index contributed by atoms with van der Waals surface area (Å²) >= 11 is 12.5. The molecule has 1 aliphatic heterocycles. The SMILES string of the molecule is CC(C)(C)Oc1nc2c(c(OC(C)(C)C)c1C(=O)O)CCCn1c-2nc(Cl)c1Cl. The molecule has 0 radical (unpaired) electrons. The first-order valence-corrected chi connectivity index (χ1v) is 10.1. The standard InChI is InChI=1S/C20H25Cl2N3O4/c1-19(2,3)28-13-10-8-7-9-25-15(22)14(21)24-16(25)12(10)23-17(11(13)18(26)27)29-20(4,5)6/h7-9H2,1-6H3,(H,26,27). The third-order valence-corrected chi connectivity index (χ3v) is 4.87. The Morgan fingerprint density at radius 1 is 1.07 bits per heavy atom. The smallest absolute Gasteiger partial charge is 0.345 e. The van der Waals surface area contributed by atoms with Crippen LogP contribution >= 0.6 is 23.2 Å². The number of nitrogens with zero attached hydrogens (tertiary/aromatic N) is 3.